The van der Waals surface area contributed by atoms with Crippen LogP contribution in [-0.4, -0.2) is 22.0 Å². The number of sulfonamides is 1. The summed E-state index contributed by atoms with van der Waals surface area (Å²) in [5.41, 5.74) is 1.56. The molecule has 0 saturated carbocycles. The van der Waals surface area contributed by atoms with Gasteiger partial charge in [0.2, 0.25) is 10.0 Å². The lowest BCUT2D eigenvalue weighted by atomic mass is 10.2. The van der Waals surface area contributed by atoms with Gasteiger partial charge in [0.15, 0.2) is 0 Å². The molecule has 0 heterocycles. The molecule has 4 nitrogen and oxygen atoms in total. The molecule has 0 spiro atoms. The SMILES string of the molecule is CCNc1ccc(C)c(S(=O)(=O)NC)c1. The van der Waals surface area contributed by atoms with Gasteiger partial charge in [0.25, 0.3) is 0 Å². The zero-order chi connectivity index (χ0) is 11.5. The number of benzene rings is 1. The average molecular weight is 228 g/mol. The molecule has 1 rings (SSSR count). The lowest BCUT2D eigenvalue weighted by Crippen LogP contribution is -2.19. The first-order valence-corrected chi connectivity index (χ1v) is 6.27. The first-order chi connectivity index (χ1) is 7.01. The third kappa shape index (κ3) is 2.70. The van der Waals surface area contributed by atoms with E-state index in [4.69, 9.17) is 0 Å². The Hall–Kier alpha value is -1.07. The number of hydrogen-bond acceptors (Lipinski definition) is 3. The zero-order valence-corrected chi connectivity index (χ0v) is 9.98. The molecular weight excluding hydrogens is 212 g/mol. The third-order valence-corrected chi connectivity index (χ3v) is 3.68. The minimum Gasteiger partial charge on any atom is -0.385 e. The van der Waals surface area contributed by atoms with E-state index >= 15 is 0 Å². The molecule has 0 bridgehead atoms. The number of anilines is 1. The largest absolute Gasteiger partial charge is 0.385 e. The first kappa shape index (κ1) is 12.0. The summed E-state index contributed by atoms with van der Waals surface area (Å²) < 4.78 is 25.6. The molecular formula is C10H16N2O2S. The summed E-state index contributed by atoms with van der Waals surface area (Å²) in [7, 11) is -1.95. The van der Waals surface area contributed by atoms with E-state index < -0.39 is 10.0 Å². The molecule has 0 fully saturated rings. The van der Waals surface area contributed by atoms with E-state index in [2.05, 4.69) is 10.0 Å². The van der Waals surface area contributed by atoms with Crippen LogP contribution >= 0.6 is 0 Å². The van der Waals surface area contributed by atoms with Crippen LogP contribution in [0.1, 0.15) is 12.5 Å². The Morgan fingerprint density at radius 3 is 2.53 bits per heavy atom. The molecule has 0 unspecified atom stereocenters. The summed E-state index contributed by atoms with van der Waals surface area (Å²) >= 11 is 0. The fourth-order valence-corrected chi connectivity index (χ4v) is 2.31. The highest BCUT2D eigenvalue weighted by Gasteiger charge is 2.14. The molecule has 0 aromatic heterocycles. The van der Waals surface area contributed by atoms with Gasteiger partial charge in [0.05, 0.1) is 4.90 Å². The van der Waals surface area contributed by atoms with Crippen molar-refractivity contribution in [1.82, 2.24) is 4.72 Å². The van der Waals surface area contributed by atoms with Crippen LogP contribution < -0.4 is 10.0 Å². The molecule has 2 N–H and O–H groups in total. The van der Waals surface area contributed by atoms with E-state index in [9.17, 15) is 8.42 Å². The standard InChI is InChI=1S/C10H16N2O2S/c1-4-12-9-6-5-8(2)10(7-9)15(13,14)11-3/h5-7,11-12H,4H2,1-3H3. The zero-order valence-electron chi connectivity index (χ0n) is 9.16. The van der Waals surface area contributed by atoms with E-state index in [0.717, 1.165) is 17.8 Å². The molecule has 0 radical (unpaired) electrons. The highest BCUT2D eigenvalue weighted by Crippen LogP contribution is 2.19. The minimum absolute atomic E-state index is 0.323. The lowest BCUT2D eigenvalue weighted by Gasteiger charge is -2.09. The maximum atomic E-state index is 11.6. The van der Waals surface area contributed by atoms with Crippen molar-refractivity contribution in [3.8, 4) is 0 Å². The van der Waals surface area contributed by atoms with Crippen LogP contribution in [0.15, 0.2) is 23.1 Å². The van der Waals surface area contributed by atoms with E-state index in [1.165, 1.54) is 7.05 Å². The molecule has 15 heavy (non-hydrogen) atoms. The molecule has 5 heteroatoms. The number of hydrogen-bond donors (Lipinski definition) is 2. The van der Waals surface area contributed by atoms with E-state index in [1.54, 1.807) is 19.1 Å². The second kappa shape index (κ2) is 4.63. The summed E-state index contributed by atoms with van der Waals surface area (Å²) in [6.45, 7) is 4.51. The number of aryl methyl sites for hydroxylation is 1. The molecule has 1 aromatic carbocycles. The summed E-state index contributed by atoms with van der Waals surface area (Å²) in [4.78, 5) is 0.323. The second-order valence-corrected chi connectivity index (χ2v) is 5.07. The van der Waals surface area contributed by atoms with Crippen molar-refractivity contribution in [2.24, 2.45) is 0 Å². The van der Waals surface area contributed by atoms with Gasteiger partial charge >= 0.3 is 0 Å². The normalized spacial score (nSPS) is 11.4. The van der Waals surface area contributed by atoms with Crippen LogP contribution in [0.25, 0.3) is 0 Å². The topological polar surface area (TPSA) is 58.2 Å². The monoisotopic (exact) mass is 228 g/mol. The van der Waals surface area contributed by atoms with Gasteiger partial charge in [-0.25, -0.2) is 13.1 Å². The van der Waals surface area contributed by atoms with Crippen LogP contribution in [0.2, 0.25) is 0 Å². The predicted octanol–water partition coefficient (Wildman–Crippen LogP) is 1.33. The van der Waals surface area contributed by atoms with Gasteiger partial charge < -0.3 is 5.32 Å². The van der Waals surface area contributed by atoms with Crippen LogP contribution in [0.5, 0.6) is 0 Å². The molecule has 0 aliphatic heterocycles. The van der Waals surface area contributed by atoms with Crippen molar-refractivity contribution in [2.75, 3.05) is 18.9 Å². The Labute approximate surface area is 90.8 Å². The summed E-state index contributed by atoms with van der Waals surface area (Å²) in [6.07, 6.45) is 0. The van der Waals surface area contributed by atoms with Gasteiger partial charge in [-0.15, -0.1) is 0 Å². The molecule has 0 aliphatic rings. The van der Waals surface area contributed by atoms with Crippen LogP contribution in [0.3, 0.4) is 0 Å². The highest BCUT2D eigenvalue weighted by atomic mass is 32.2. The minimum atomic E-state index is -3.36. The number of nitrogens with one attached hydrogen (secondary N) is 2. The van der Waals surface area contributed by atoms with Crippen molar-refractivity contribution in [3.63, 3.8) is 0 Å². The first-order valence-electron chi connectivity index (χ1n) is 4.79. The van der Waals surface area contributed by atoms with Crippen molar-refractivity contribution in [3.05, 3.63) is 23.8 Å². The van der Waals surface area contributed by atoms with Crippen LogP contribution in [0.4, 0.5) is 5.69 Å². The van der Waals surface area contributed by atoms with Gasteiger partial charge in [-0.1, -0.05) is 6.07 Å². The molecule has 0 aliphatic carbocycles. The van der Waals surface area contributed by atoms with Crippen LogP contribution in [0, 0.1) is 6.92 Å². The fraction of sp³-hybridized carbons (Fsp3) is 0.400. The average Bonchev–Trinajstić information content (AvgIpc) is 2.21. The van der Waals surface area contributed by atoms with Gasteiger partial charge in [0.1, 0.15) is 0 Å². The smallest absolute Gasteiger partial charge is 0.240 e. The quantitative estimate of drug-likeness (QED) is 0.817. The molecule has 1 aromatic rings. The third-order valence-electron chi connectivity index (χ3n) is 2.13. The van der Waals surface area contributed by atoms with Gasteiger partial charge in [-0.2, -0.15) is 0 Å². The van der Waals surface area contributed by atoms with Gasteiger partial charge in [-0.3, -0.25) is 0 Å². The van der Waals surface area contributed by atoms with Crippen molar-refractivity contribution in [1.29, 1.82) is 0 Å². The van der Waals surface area contributed by atoms with E-state index in [1.807, 2.05) is 13.0 Å². The van der Waals surface area contributed by atoms with E-state index in [-0.39, 0.29) is 0 Å². The highest BCUT2D eigenvalue weighted by molar-refractivity contribution is 7.89. The van der Waals surface area contributed by atoms with Crippen molar-refractivity contribution in [2.45, 2.75) is 18.7 Å². The Bertz CT molecular complexity index is 441. The fourth-order valence-electron chi connectivity index (χ4n) is 1.31. The molecule has 84 valence electrons. The Kier molecular flexibility index (Phi) is 3.71. The molecule has 0 saturated heterocycles. The number of rotatable bonds is 4. The van der Waals surface area contributed by atoms with Crippen molar-refractivity contribution >= 4 is 15.7 Å². The summed E-state index contributed by atoms with van der Waals surface area (Å²) in [5, 5.41) is 3.08. The predicted molar refractivity (Wildman–Crippen MR) is 61.6 cm³/mol. The second-order valence-electron chi connectivity index (χ2n) is 3.22. The van der Waals surface area contributed by atoms with E-state index in [0.29, 0.717) is 4.90 Å². The van der Waals surface area contributed by atoms with Crippen molar-refractivity contribution < 1.29 is 8.42 Å². The Balaban J connectivity index is 3.23. The molecule has 0 amide bonds. The van der Waals surface area contributed by atoms with Gasteiger partial charge in [0, 0.05) is 12.2 Å². The Morgan fingerprint density at radius 2 is 2.00 bits per heavy atom. The summed E-state index contributed by atoms with van der Waals surface area (Å²) in [6, 6.07) is 5.31. The van der Waals surface area contributed by atoms with Crippen LogP contribution in [-0.2, 0) is 10.0 Å². The lowest BCUT2D eigenvalue weighted by molar-refractivity contribution is 0.587. The van der Waals surface area contributed by atoms with Gasteiger partial charge in [-0.05, 0) is 38.6 Å². The Morgan fingerprint density at radius 1 is 1.33 bits per heavy atom. The summed E-state index contributed by atoms with van der Waals surface area (Å²) in [5.74, 6) is 0. The molecule has 0 atom stereocenters. The maximum Gasteiger partial charge on any atom is 0.240 e. The maximum absolute atomic E-state index is 11.6.